The van der Waals surface area contributed by atoms with E-state index in [-0.39, 0.29) is 0 Å². The lowest BCUT2D eigenvalue weighted by Crippen LogP contribution is -2.40. The van der Waals surface area contributed by atoms with Crippen molar-refractivity contribution < 1.29 is 0 Å². The van der Waals surface area contributed by atoms with E-state index in [2.05, 4.69) is 48.0 Å². The first kappa shape index (κ1) is 13.8. The fourth-order valence-electron chi connectivity index (χ4n) is 2.41. The van der Waals surface area contributed by atoms with E-state index in [1.165, 1.54) is 0 Å². The molecule has 5 nitrogen and oxygen atoms in total. The van der Waals surface area contributed by atoms with Gasteiger partial charge in [0.25, 0.3) is 0 Å². The fourth-order valence-corrected chi connectivity index (χ4v) is 2.41. The first-order chi connectivity index (χ1) is 9.09. The van der Waals surface area contributed by atoms with Crippen LogP contribution in [0.4, 0.5) is 5.82 Å². The molecule has 2 aromatic rings. The maximum absolute atomic E-state index is 4.38. The molecule has 0 atom stereocenters. The van der Waals surface area contributed by atoms with Gasteiger partial charge in [0, 0.05) is 37.6 Å². The molecule has 2 heterocycles. The van der Waals surface area contributed by atoms with E-state index in [4.69, 9.17) is 0 Å². The van der Waals surface area contributed by atoms with Crippen molar-refractivity contribution in [1.29, 1.82) is 0 Å². The highest BCUT2D eigenvalue weighted by Gasteiger charge is 2.12. The summed E-state index contributed by atoms with van der Waals surface area (Å²) in [4.78, 5) is 6.84. The second-order valence-electron chi connectivity index (χ2n) is 5.29. The molecule has 0 radical (unpaired) electrons. The number of rotatable bonds is 6. The lowest BCUT2D eigenvalue weighted by Gasteiger charge is -2.30. The Morgan fingerprint density at radius 2 is 1.95 bits per heavy atom. The number of aromatic nitrogens is 3. The molecule has 0 saturated carbocycles. The van der Waals surface area contributed by atoms with Crippen LogP contribution in [0, 0.1) is 0 Å². The van der Waals surface area contributed by atoms with Gasteiger partial charge in [0.1, 0.15) is 5.52 Å². The van der Waals surface area contributed by atoms with Gasteiger partial charge >= 0.3 is 0 Å². The Labute approximate surface area is 114 Å². The van der Waals surface area contributed by atoms with Gasteiger partial charge in [-0.25, -0.2) is 9.50 Å². The van der Waals surface area contributed by atoms with Gasteiger partial charge in [0.2, 0.25) is 0 Å². The van der Waals surface area contributed by atoms with Crippen LogP contribution in [0.1, 0.15) is 27.7 Å². The van der Waals surface area contributed by atoms with Crippen LogP contribution in [-0.4, -0.2) is 44.7 Å². The maximum atomic E-state index is 4.38. The number of hydrogen-bond donors (Lipinski definition) is 1. The molecule has 0 aliphatic carbocycles. The fraction of sp³-hybridized carbons (Fsp3) is 0.571. The lowest BCUT2D eigenvalue weighted by atomic mass is 10.2. The molecular weight excluding hydrogens is 238 g/mol. The van der Waals surface area contributed by atoms with Gasteiger partial charge in [0.15, 0.2) is 5.82 Å². The molecule has 0 aliphatic heterocycles. The lowest BCUT2D eigenvalue weighted by molar-refractivity contribution is 0.182. The summed E-state index contributed by atoms with van der Waals surface area (Å²) in [7, 11) is 0. The second kappa shape index (κ2) is 6.02. The molecule has 5 heteroatoms. The number of fused-ring (bicyclic) bond motifs is 1. The van der Waals surface area contributed by atoms with Crippen LogP contribution in [0.5, 0.6) is 0 Å². The third-order valence-corrected chi connectivity index (χ3v) is 3.31. The molecule has 19 heavy (non-hydrogen) atoms. The Hall–Kier alpha value is -1.62. The Bertz CT molecular complexity index is 509. The van der Waals surface area contributed by atoms with Crippen LogP contribution in [0.3, 0.4) is 0 Å². The summed E-state index contributed by atoms with van der Waals surface area (Å²) in [5.74, 6) is 0.896. The Balaban J connectivity index is 1.97. The predicted octanol–water partition coefficient (Wildman–Crippen LogP) is 2.26. The Morgan fingerprint density at radius 3 is 2.63 bits per heavy atom. The van der Waals surface area contributed by atoms with E-state index in [1.807, 2.05) is 16.8 Å². The van der Waals surface area contributed by atoms with Gasteiger partial charge in [-0.1, -0.05) is 0 Å². The van der Waals surface area contributed by atoms with Crippen molar-refractivity contribution >= 4 is 11.3 Å². The minimum Gasteiger partial charge on any atom is -0.367 e. The van der Waals surface area contributed by atoms with Crippen molar-refractivity contribution in [2.24, 2.45) is 0 Å². The van der Waals surface area contributed by atoms with Crippen LogP contribution in [-0.2, 0) is 0 Å². The highest BCUT2D eigenvalue weighted by Crippen LogP contribution is 2.12. The number of anilines is 1. The SMILES string of the molecule is CC(C)N(CCNc1nccn2nccc12)C(C)C. The molecule has 0 amide bonds. The third kappa shape index (κ3) is 3.23. The first-order valence-corrected chi connectivity index (χ1v) is 6.87. The van der Waals surface area contributed by atoms with E-state index >= 15 is 0 Å². The molecule has 2 aromatic heterocycles. The molecule has 2 rings (SSSR count). The maximum Gasteiger partial charge on any atom is 0.152 e. The second-order valence-corrected chi connectivity index (χ2v) is 5.29. The Kier molecular flexibility index (Phi) is 4.37. The van der Waals surface area contributed by atoms with Crippen molar-refractivity contribution in [3.05, 3.63) is 24.7 Å². The average molecular weight is 261 g/mol. The summed E-state index contributed by atoms with van der Waals surface area (Å²) in [5, 5.41) is 7.61. The predicted molar refractivity (Wildman–Crippen MR) is 78.5 cm³/mol. The smallest absolute Gasteiger partial charge is 0.152 e. The Morgan fingerprint density at radius 1 is 1.21 bits per heavy atom. The summed E-state index contributed by atoms with van der Waals surface area (Å²) in [6, 6.07) is 3.08. The molecule has 0 saturated heterocycles. The zero-order chi connectivity index (χ0) is 13.8. The third-order valence-electron chi connectivity index (χ3n) is 3.31. The van der Waals surface area contributed by atoms with E-state index in [0.29, 0.717) is 12.1 Å². The molecule has 0 bridgehead atoms. The van der Waals surface area contributed by atoms with E-state index in [9.17, 15) is 0 Å². The quantitative estimate of drug-likeness (QED) is 0.866. The molecule has 0 aromatic carbocycles. The number of hydrogen-bond acceptors (Lipinski definition) is 4. The molecule has 104 valence electrons. The average Bonchev–Trinajstić information content (AvgIpc) is 2.82. The summed E-state index contributed by atoms with van der Waals surface area (Å²) in [6.07, 6.45) is 5.41. The molecule has 0 aliphatic rings. The summed E-state index contributed by atoms with van der Waals surface area (Å²) < 4.78 is 1.83. The molecule has 0 spiro atoms. The highest BCUT2D eigenvalue weighted by molar-refractivity contribution is 5.66. The van der Waals surface area contributed by atoms with Gasteiger partial charge in [-0.3, -0.25) is 4.90 Å². The minimum absolute atomic E-state index is 0.556. The van der Waals surface area contributed by atoms with Crippen molar-refractivity contribution in [3.63, 3.8) is 0 Å². The number of nitrogens with zero attached hydrogens (tertiary/aromatic N) is 4. The zero-order valence-corrected chi connectivity index (χ0v) is 12.2. The van der Waals surface area contributed by atoms with Crippen LogP contribution in [0.2, 0.25) is 0 Å². The molecule has 0 fully saturated rings. The monoisotopic (exact) mass is 261 g/mol. The van der Waals surface area contributed by atoms with Gasteiger partial charge in [-0.05, 0) is 33.8 Å². The van der Waals surface area contributed by atoms with Crippen LogP contribution < -0.4 is 5.32 Å². The van der Waals surface area contributed by atoms with Crippen LogP contribution in [0.15, 0.2) is 24.7 Å². The van der Waals surface area contributed by atoms with Gasteiger partial charge in [-0.2, -0.15) is 5.10 Å². The van der Waals surface area contributed by atoms with Crippen molar-refractivity contribution in [2.75, 3.05) is 18.4 Å². The van der Waals surface area contributed by atoms with Crippen molar-refractivity contribution in [2.45, 2.75) is 39.8 Å². The van der Waals surface area contributed by atoms with E-state index in [1.54, 1.807) is 12.4 Å². The number of nitrogens with one attached hydrogen (secondary N) is 1. The molecule has 1 N–H and O–H groups in total. The zero-order valence-electron chi connectivity index (χ0n) is 12.2. The minimum atomic E-state index is 0.556. The van der Waals surface area contributed by atoms with Gasteiger partial charge in [-0.15, -0.1) is 0 Å². The molecular formula is C14H23N5. The van der Waals surface area contributed by atoms with E-state index in [0.717, 1.165) is 24.4 Å². The summed E-state index contributed by atoms with van der Waals surface area (Å²) >= 11 is 0. The van der Waals surface area contributed by atoms with Crippen LogP contribution in [0.25, 0.3) is 5.52 Å². The topological polar surface area (TPSA) is 45.5 Å². The largest absolute Gasteiger partial charge is 0.367 e. The van der Waals surface area contributed by atoms with E-state index < -0.39 is 0 Å². The van der Waals surface area contributed by atoms with Crippen molar-refractivity contribution in [3.8, 4) is 0 Å². The summed E-state index contributed by atoms with van der Waals surface area (Å²) in [6.45, 7) is 10.8. The summed E-state index contributed by atoms with van der Waals surface area (Å²) in [5.41, 5.74) is 1.02. The highest BCUT2D eigenvalue weighted by atomic mass is 15.2. The van der Waals surface area contributed by atoms with Gasteiger partial charge < -0.3 is 5.32 Å². The van der Waals surface area contributed by atoms with Gasteiger partial charge in [0.05, 0.1) is 6.20 Å². The molecule has 0 unspecified atom stereocenters. The first-order valence-electron chi connectivity index (χ1n) is 6.87. The van der Waals surface area contributed by atoms with Crippen molar-refractivity contribution in [1.82, 2.24) is 19.5 Å². The normalized spacial score (nSPS) is 11.9. The standard InChI is InChI=1S/C14H23N5/c1-11(2)18(12(3)4)9-7-15-14-13-5-6-17-19(13)10-8-16-14/h5-6,8,10-12H,7,9H2,1-4H3,(H,15,16). The van der Waals surface area contributed by atoms with Crippen LogP contribution >= 0.6 is 0 Å².